The molecule has 136 valence electrons. The van der Waals surface area contributed by atoms with E-state index in [1.165, 1.54) is 31.5 Å². The van der Waals surface area contributed by atoms with Crippen LogP contribution in [0.25, 0.3) is 0 Å². The van der Waals surface area contributed by atoms with Crippen molar-refractivity contribution in [2.45, 2.75) is 9.79 Å². The van der Waals surface area contributed by atoms with Crippen LogP contribution in [0.1, 0.15) is 0 Å². The number of rotatable bonds is 6. The van der Waals surface area contributed by atoms with E-state index in [2.05, 4.69) is 4.72 Å². The Bertz CT molecular complexity index is 1120. The highest BCUT2D eigenvalue weighted by Gasteiger charge is 2.22. The molecule has 9 heteroatoms. The fourth-order valence-corrected chi connectivity index (χ4v) is 4.67. The van der Waals surface area contributed by atoms with Crippen LogP contribution in [-0.4, -0.2) is 27.9 Å². The second-order valence-corrected chi connectivity index (χ2v) is 8.83. The fourth-order valence-electron chi connectivity index (χ4n) is 2.31. The molecule has 0 fully saturated rings. The zero-order chi connectivity index (χ0) is 18.8. The third kappa shape index (κ3) is 3.44. The molecular formula is C17H16N2O5S2. The van der Waals surface area contributed by atoms with Crippen LogP contribution in [0.3, 0.4) is 0 Å². The Hall–Kier alpha value is -2.78. The van der Waals surface area contributed by atoms with E-state index in [1.54, 1.807) is 42.5 Å². The van der Waals surface area contributed by atoms with E-state index in [0.717, 1.165) is 10.2 Å². The highest BCUT2D eigenvalue weighted by Crippen LogP contribution is 2.26. The van der Waals surface area contributed by atoms with Crippen molar-refractivity contribution in [3.05, 3.63) is 73.1 Å². The van der Waals surface area contributed by atoms with Crippen LogP contribution < -0.4 is 9.46 Å². The highest BCUT2D eigenvalue weighted by atomic mass is 32.2. The second kappa shape index (κ2) is 6.85. The van der Waals surface area contributed by atoms with Crippen LogP contribution >= 0.6 is 0 Å². The van der Waals surface area contributed by atoms with Crippen LogP contribution in [0.5, 0.6) is 5.75 Å². The normalized spacial score (nSPS) is 11.9. The number of nitrogens with one attached hydrogen (secondary N) is 1. The Kier molecular flexibility index (Phi) is 4.75. The van der Waals surface area contributed by atoms with Gasteiger partial charge >= 0.3 is 0 Å². The Balaban J connectivity index is 1.94. The average Bonchev–Trinajstić information content (AvgIpc) is 3.15. The molecule has 0 radical (unpaired) electrons. The molecule has 1 aromatic heterocycles. The zero-order valence-corrected chi connectivity index (χ0v) is 15.4. The Morgan fingerprint density at radius 1 is 0.846 bits per heavy atom. The van der Waals surface area contributed by atoms with Crippen molar-refractivity contribution in [3.8, 4) is 5.75 Å². The molecule has 26 heavy (non-hydrogen) atoms. The molecule has 0 amide bonds. The molecule has 0 bridgehead atoms. The van der Waals surface area contributed by atoms with Crippen molar-refractivity contribution in [1.29, 1.82) is 0 Å². The summed E-state index contributed by atoms with van der Waals surface area (Å²) in [6.45, 7) is 0. The lowest BCUT2D eigenvalue weighted by Crippen LogP contribution is -2.14. The molecule has 0 spiro atoms. The van der Waals surface area contributed by atoms with Crippen LogP contribution in [0, 0.1) is 0 Å². The summed E-state index contributed by atoms with van der Waals surface area (Å²) in [7, 11) is -6.42. The van der Waals surface area contributed by atoms with Gasteiger partial charge in [-0.05, 0) is 30.3 Å². The van der Waals surface area contributed by atoms with Gasteiger partial charge in [0.2, 0.25) is 0 Å². The van der Waals surface area contributed by atoms with Crippen molar-refractivity contribution in [2.24, 2.45) is 0 Å². The molecule has 3 rings (SSSR count). The monoisotopic (exact) mass is 392 g/mol. The molecule has 0 saturated heterocycles. The maximum absolute atomic E-state index is 12.6. The number of aromatic nitrogens is 1. The molecule has 0 aliphatic rings. The predicted octanol–water partition coefficient (Wildman–Crippen LogP) is 2.53. The minimum atomic E-state index is -3.98. The van der Waals surface area contributed by atoms with Crippen LogP contribution in [0.2, 0.25) is 0 Å². The lowest BCUT2D eigenvalue weighted by molar-refractivity contribution is 0.417. The van der Waals surface area contributed by atoms with E-state index in [1.807, 2.05) is 0 Å². The smallest absolute Gasteiger partial charge is 0.267 e. The lowest BCUT2D eigenvalue weighted by atomic mass is 10.3. The van der Waals surface area contributed by atoms with Gasteiger partial charge in [0, 0.05) is 12.4 Å². The first-order valence-corrected chi connectivity index (χ1v) is 10.4. The molecular weight excluding hydrogens is 376 g/mol. The lowest BCUT2D eigenvalue weighted by Gasteiger charge is -2.10. The van der Waals surface area contributed by atoms with Crippen LogP contribution in [0.15, 0.2) is 82.8 Å². The van der Waals surface area contributed by atoms with E-state index < -0.39 is 20.0 Å². The summed E-state index contributed by atoms with van der Waals surface area (Å²) in [6.07, 6.45) is 2.25. The third-order valence-corrected chi connectivity index (χ3v) is 6.62. The summed E-state index contributed by atoms with van der Waals surface area (Å²) in [5.74, 6) is 0.354. The zero-order valence-electron chi connectivity index (χ0n) is 13.7. The molecule has 7 nitrogen and oxygen atoms in total. The summed E-state index contributed by atoms with van der Waals surface area (Å²) in [5.41, 5.74) is 0.258. The fraction of sp³-hybridized carbons (Fsp3) is 0.0588. The van der Waals surface area contributed by atoms with Crippen molar-refractivity contribution in [3.63, 3.8) is 0 Å². The summed E-state index contributed by atoms with van der Waals surface area (Å²) in [4.78, 5) is -0.111. The average molecular weight is 392 g/mol. The number of hydrogen-bond donors (Lipinski definition) is 1. The van der Waals surface area contributed by atoms with Crippen molar-refractivity contribution >= 4 is 25.7 Å². The highest BCUT2D eigenvalue weighted by molar-refractivity contribution is 7.93. The van der Waals surface area contributed by atoms with Gasteiger partial charge in [0.05, 0.1) is 17.7 Å². The molecule has 0 unspecified atom stereocenters. The molecule has 0 aliphatic carbocycles. The summed E-state index contributed by atoms with van der Waals surface area (Å²) >= 11 is 0. The van der Waals surface area contributed by atoms with Crippen LogP contribution in [0.4, 0.5) is 5.69 Å². The van der Waals surface area contributed by atoms with Gasteiger partial charge < -0.3 is 4.74 Å². The number of nitrogens with zero attached hydrogens (tertiary/aromatic N) is 1. The number of benzene rings is 2. The van der Waals surface area contributed by atoms with E-state index in [9.17, 15) is 16.8 Å². The van der Waals surface area contributed by atoms with Gasteiger partial charge in [0.1, 0.15) is 10.6 Å². The number of anilines is 1. The largest absolute Gasteiger partial charge is 0.495 e. The van der Waals surface area contributed by atoms with E-state index >= 15 is 0 Å². The molecule has 0 atom stereocenters. The maximum Gasteiger partial charge on any atom is 0.267 e. The van der Waals surface area contributed by atoms with Gasteiger partial charge in [-0.25, -0.2) is 20.8 Å². The van der Waals surface area contributed by atoms with Crippen molar-refractivity contribution in [2.75, 3.05) is 11.8 Å². The van der Waals surface area contributed by atoms with Crippen molar-refractivity contribution < 1.29 is 21.6 Å². The summed E-state index contributed by atoms with van der Waals surface area (Å²) < 4.78 is 58.7. The number of methoxy groups -OCH3 is 1. The minimum absolute atomic E-state index is 0.0669. The number of para-hydroxylation sites is 2. The predicted molar refractivity (Wildman–Crippen MR) is 97.3 cm³/mol. The van der Waals surface area contributed by atoms with Gasteiger partial charge in [0.15, 0.2) is 0 Å². The molecule has 0 aliphatic heterocycles. The standard InChI is InChI=1S/C17H16N2O5S2/c1-24-17-10-6-5-9-16(17)18-25(20,21)15-11-12-19(13-15)26(22,23)14-7-3-2-4-8-14/h2-13,18H,1H3. The van der Waals surface area contributed by atoms with Gasteiger partial charge in [-0.15, -0.1) is 0 Å². The van der Waals surface area contributed by atoms with Gasteiger partial charge in [-0.2, -0.15) is 0 Å². The van der Waals surface area contributed by atoms with E-state index in [4.69, 9.17) is 4.74 Å². The maximum atomic E-state index is 12.6. The number of hydrogen-bond acceptors (Lipinski definition) is 5. The Morgan fingerprint density at radius 2 is 1.50 bits per heavy atom. The molecule has 0 saturated carbocycles. The topological polar surface area (TPSA) is 94.5 Å². The molecule has 2 aromatic carbocycles. The summed E-state index contributed by atoms with van der Waals surface area (Å²) in [6, 6.07) is 15.5. The Labute approximate surface area is 152 Å². The SMILES string of the molecule is COc1ccccc1NS(=O)(=O)c1ccn(S(=O)(=O)c2ccccc2)c1. The molecule has 1 heterocycles. The minimum Gasteiger partial charge on any atom is -0.495 e. The molecule has 3 aromatic rings. The quantitative estimate of drug-likeness (QED) is 0.696. The third-order valence-electron chi connectivity index (χ3n) is 3.62. The van der Waals surface area contributed by atoms with Gasteiger partial charge in [0.25, 0.3) is 20.0 Å². The first kappa shape index (κ1) is 18.0. The number of sulfonamides is 1. The van der Waals surface area contributed by atoms with E-state index in [0.29, 0.717) is 5.75 Å². The second-order valence-electron chi connectivity index (χ2n) is 5.30. The summed E-state index contributed by atoms with van der Waals surface area (Å²) in [5, 5.41) is 0. The molecule has 1 N–H and O–H groups in total. The first-order valence-electron chi connectivity index (χ1n) is 7.49. The van der Waals surface area contributed by atoms with Crippen molar-refractivity contribution in [1.82, 2.24) is 3.97 Å². The van der Waals surface area contributed by atoms with Crippen LogP contribution in [-0.2, 0) is 20.0 Å². The first-order chi connectivity index (χ1) is 12.3. The van der Waals surface area contributed by atoms with E-state index in [-0.39, 0.29) is 15.5 Å². The van der Waals surface area contributed by atoms with Gasteiger partial charge in [-0.1, -0.05) is 30.3 Å². The van der Waals surface area contributed by atoms with Gasteiger partial charge in [-0.3, -0.25) is 4.72 Å². The Morgan fingerprint density at radius 3 is 2.19 bits per heavy atom. The number of ether oxygens (including phenoxy) is 1.